The molecule has 0 bridgehead atoms. The van der Waals surface area contributed by atoms with Crippen molar-refractivity contribution in [2.75, 3.05) is 49.1 Å². The molecule has 44 heavy (non-hydrogen) atoms. The summed E-state index contributed by atoms with van der Waals surface area (Å²) < 4.78 is 6.13. The fourth-order valence-corrected chi connectivity index (χ4v) is 6.70. The second kappa shape index (κ2) is 12.1. The predicted octanol–water partition coefficient (Wildman–Crippen LogP) is 5.47. The van der Waals surface area contributed by atoms with Gasteiger partial charge in [-0.25, -0.2) is 4.79 Å². The summed E-state index contributed by atoms with van der Waals surface area (Å²) in [7, 11) is 0. The number of nitrogens with zero attached hydrogens (tertiary/aromatic N) is 3. The van der Waals surface area contributed by atoms with Gasteiger partial charge in [0.05, 0.1) is 6.61 Å². The lowest BCUT2D eigenvalue weighted by Gasteiger charge is -2.37. The molecule has 0 unspecified atom stereocenters. The molecule has 2 atom stereocenters. The number of phenols is 1. The lowest BCUT2D eigenvalue weighted by molar-refractivity contribution is -0.120. The van der Waals surface area contributed by atoms with Crippen LogP contribution in [0.15, 0.2) is 97.1 Å². The molecule has 0 aliphatic carbocycles. The summed E-state index contributed by atoms with van der Waals surface area (Å²) in [4.78, 5) is 30.1. The fourth-order valence-electron chi connectivity index (χ4n) is 6.70. The minimum Gasteiger partial charge on any atom is -0.508 e. The Labute approximate surface area is 257 Å². The minimum absolute atomic E-state index is 0.130. The molecule has 4 aromatic rings. The highest BCUT2D eigenvalue weighted by Crippen LogP contribution is 2.47. The van der Waals surface area contributed by atoms with E-state index < -0.39 is 0 Å². The van der Waals surface area contributed by atoms with Crippen LogP contribution in [-0.4, -0.2) is 61.3 Å². The van der Waals surface area contributed by atoms with Crippen molar-refractivity contribution < 1.29 is 19.4 Å². The number of carbonyl (C=O) groups is 2. The number of fused-ring (bicyclic) bond motifs is 1. The van der Waals surface area contributed by atoms with Gasteiger partial charge in [0.25, 0.3) is 0 Å². The maximum absolute atomic E-state index is 12.2. The first-order valence-electron chi connectivity index (χ1n) is 15.3. The first-order valence-corrected chi connectivity index (χ1v) is 15.3. The molecule has 2 fully saturated rings. The van der Waals surface area contributed by atoms with Gasteiger partial charge in [-0.15, -0.1) is 0 Å². The van der Waals surface area contributed by atoms with Crippen molar-refractivity contribution in [1.82, 2.24) is 10.2 Å². The molecule has 3 aliphatic rings. The Morgan fingerprint density at radius 3 is 2.23 bits per heavy atom. The first-order chi connectivity index (χ1) is 21.5. The number of amides is 3. The zero-order valence-corrected chi connectivity index (χ0v) is 24.6. The van der Waals surface area contributed by atoms with E-state index in [4.69, 9.17) is 4.74 Å². The van der Waals surface area contributed by atoms with Gasteiger partial charge >= 0.3 is 6.03 Å². The number of urea groups is 1. The molecule has 0 spiro atoms. The van der Waals surface area contributed by atoms with Gasteiger partial charge in [0.15, 0.2) is 0 Å². The lowest BCUT2D eigenvalue weighted by Crippen LogP contribution is -2.49. The van der Waals surface area contributed by atoms with Crippen molar-refractivity contribution in [2.24, 2.45) is 0 Å². The van der Waals surface area contributed by atoms with E-state index in [-0.39, 0.29) is 29.5 Å². The molecule has 2 N–H and O–H groups in total. The van der Waals surface area contributed by atoms with Crippen LogP contribution in [0.4, 0.5) is 16.2 Å². The third kappa shape index (κ3) is 5.73. The number of aromatic hydroxyl groups is 1. The van der Waals surface area contributed by atoms with Gasteiger partial charge in [-0.05, 0) is 47.0 Å². The molecule has 4 aromatic carbocycles. The third-order valence-electron chi connectivity index (χ3n) is 9.08. The van der Waals surface area contributed by atoms with Gasteiger partial charge in [0.1, 0.15) is 11.5 Å². The van der Waals surface area contributed by atoms with Crippen molar-refractivity contribution >= 4 is 23.3 Å². The van der Waals surface area contributed by atoms with Crippen LogP contribution >= 0.6 is 0 Å². The molecule has 224 valence electrons. The van der Waals surface area contributed by atoms with Crippen LogP contribution in [0.1, 0.15) is 40.5 Å². The van der Waals surface area contributed by atoms with Crippen LogP contribution < -0.4 is 19.9 Å². The summed E-state index contributed by atoms with van der Waals surface area (Å²) in [5, 5.41) is 12.5. The first kappa shape index (κ1) is 28.0. The largest absolute Gasteiger partial charge is 0.508 e. The summed E-state index contributed by atoms with van der Waals surface area (Å²) in [6.07, 6.45) is 0.323. The molecule has 3 amide bonds. The van der Waals surface area contributed by atoms with Gasteiger partial charge in [0, 0.05) is 80.5 Å². The van der Waals surface area contributed by atoms with Crippen LogP contribution in [-0.2, 0) is 11.3 Å². The molecule has 2 saturated heterocycles. The van der Waals surface area contributed by atoms with Crippen LogP contribution in [0.3, 0.4) is 0 Å². The minimum atomic E-state index is -0.355. The van der Waals surface area contributed by atoms with Crippen LogP contribution in [0.2, 0.25) is 0 Å². The number of piperazine rings is 1. The van der Waals surface area contributed by atoms with Crippen LogP contribution in [0.25, 0.3) is 0 Å². The van der Waals surface area contributed by atoms with E-state index in [1.807, 2.05) is 24.3 Å². The zero-order valence-electron chi connectivity index (χ0n) is 24.6. The van der Waals surface area contributed by atoms with Gasteiger partial charge < -0.3 is 14.7 Å². The number of hydrogen-bond acceptors (Lipinski definition) is 6. The fraction of sp³-hybridized carbons (Fsp3) is 0.278. The van der Waals surface area contributed by atoms with E-state index in [1.165, 1.54) is 22.4 Å². The number of nitrogens with one attached hydrogen (secondary N) is 1. The van der Waals surface area contributed by atoms with E-state index >= 15 is 0 Å². The lowest BCUT2D eigenvalue weighted by atomic mass is 9.76. The number of anilines is 2. The van der Waals surface area contributed by atoms with Crippen LogP contribution in [0.5, 0.6) is 11.5 Å². The maximum Gasteiger partial charge on any atom is 0.328 e. The van der Waals surface area contributed by atoms with E-state index in [2.05, 4.69) is 75.8 Å². The van der Waals surface area contributed by atoms with Crippen molar-refractivity contribution in [2.45, 2.75) is 24.8 Å². The highest BCUT2D eigenvalue weighted by atomic mass is 16.5. The number of phenolic OH excluding ortho intramolecular Hbond substituents is 1. The Balaban J connectivity index is 1.00. The molecule has 0 radical (unpaired) electrons. The molecule has 8 heteroatoms. The summed E-state index contributed by atoms with van der Waals surface area (Å²) in [6, 6.07) is 32.7. The number of ether oxygens (including phenoxy) is 1. The Bertz CT molecular complexity index is 1630. The van der Waals surface area contributed by atoms with Crippen molar-refractivity contribution in [1.29, 1.82) is 0 Å². The second-order valence-corrected chi connectivity index (χ2v) is 11.8. The summed E-state index contributed by atoms with van der Waals surface area (Å²) in [6.45, 7) is 5.66. The van der Waals surface area contributed by atoms with Crippen molar-refractivity contribution in [3.63, 3.8) is 0 Å². The molecular formula is C36H36N4O4. The molecule has 0 aromatic heterocycles. The molecule has 7 rings (SSSR count). The zero-order chi connectivity index (χ0) is 30.0. The van der Waals surface area contributed by atoms with E-state index in [0.717, 1.165) is 49.7 Å². The number of carbonyl (C=O) groups excluding carboxylic acids is 2. The molecule has 0 saturated carbocycles. The van der Waals surface area contributed by atoms with Crippen molar-refractivity contribution in [3.8, 4) is 11.5 Å². The monoisotopic (exact) mass is 588 g/mol. The Morgan fingerprint density at radius 1 is 0.773 bits per heavy atom. The highest BCUT2D eigenvalue weighted by Gasteiger charge is 2.34. The predicted molar refractivity (Wildman–Crippen MR) is 171 cm³/mol. The standard InChI is InChI=1S/C36H36N4O4/c41-30-14-15-31-33(22-30)44-24-32(26-4-2-1-3-5-26)35(31)27-8-12-28(13-9-27)39-20-18-38(19-21-39)23-25-6-10-29(11-7-25)40-17-16-34(42)37-36(40)43/h1-15,22,32,35,41H,16-21,23-24H2,(H,37,42,43)/t32-,35-/m0/s1. The van der Waals surface area contributed by atoms with E-state index in [9.17, 15) is 14.7 Å². The van der Waals surface area contributed by atoms with Crippen molar-refractivity contribution in [3.05, 3.63) is 119 Å². The molecule has 3 heterocycles. The summed E-state index contributed by atoms with van der Waals surface area (Å²) in [5.41, 5.74) is 6.84. The average molecular weight is 589 g/mol. The Hall–Kier alpha value is -4.82. The Kier molecular flexibility index (Phi) is 7.66. The number of imide groups is 1. The second-order valence-electron chi connectivity index (χ2n) is 11.8. The van der Waals surface area contributed by atoms with Gasteiger partial charge in [0.2, 0.25) is 5.91 Å². The quantitative estimate of drug-likeness (QED) is 0.311. The number of rotatable bonds is 6. The third-order valence-corrected chi connectivity index (χ3v) is 9.08. The topological polar surface area (TPSA) is 85.4 Å². The smallest absolute Gasteiger partial charge is 0.328 e. The highest BCUT2D eigenvalue weighted by molar-refractivity contribution is 6.05. The number of benzene rings is 4. The summed E-state index contributed by atoms with van der Waals surface area (Å²) in [5.74, 6) is 1.06. The van der Waals surface area contributed by atoms with Gasteiger partial charge in [-0.2, -0.15) is 0 Å². The van der Waals surface area contributed by atoms with E-state index in [1.54, 1.807) is 17.0 Å². The normalized spacial score (nSPS) is 20.5. The molecule has 3 aliphatic heterocycles. The SMILES string of the molecule is O=C1CCN(c2ccc(CN3CCN(c4ccc([C@H]5c6ccc(O)cc6OC[C@H]5c5ccccc5)cc4)CC3)cc2)C(=O)N1. The number of hydrogen-bond donors (Lipinski definition) is 2. The van der Waals surface area contributed by atoms with Gasteiger partial charge in [-0.1, -0.05) is 60.7 Å². The average Bonchev–Trinajstić information content (AvgIpc) is 3.05. The molecule has 8 nitrogen and oxygen atoms in total. The van der Waals surface area contributed by atoms with Crippen LogP contribution in [0, 0.1) is 0 Å². The summed E-state index contributed by atoms with van der Waals surface area (Å²) >= 11 is 0. The molecular weight excluding hydrogens is 552 g/mol. The van der Waals surface area contributed by atoms with Gasteiger partial charge in [-0.3, -0.25) is 19.9 Å². The Morgan fingerprint density at radius 2 is 1.50 bits per heavy atom. The van der Waals surface area contributed by atoms with E-state index in [0.29, 0.717) is 19.6 Å². The maximum atomic E-state index is 12.2.